The Balaban J connectivity index is 2.23. The van der Waals surface area contributed by atoms with Crippen molar-refractivity contribution in [3.8, 4) is 0 Å². The third-order valence-corrected chi connectivity index (χ3v) is 5.81. The SMILES string of the molecule is CC(C)CN1[C@@H]2CN(C(=O)C(C)C)C[C@@H]2OCCS1(=O)=O. The lowest BCUT2D eigenvalue weighted by Gasteiger charge is -2.29. The van der Waals surface area contributed by atoms with Gasteiger partial charge in [0.2, 0.25) is 15.9 Å². The van der Waals surface area contributed by atoms with Crippen LogP contribution in [-0.2, 0) is 19.6 Å². The molecule has 2 aliphatic rings. The average molecular weight is 318 g/mol. The highest BCUT2D eigenvalue weighted by Gasteiger charge is 2.45. The quantitative estimate of drug-likeness (QED) is 0.762. The van der Waals surface area contributed by atoms with E-state index in [1.165, 1.54) is 0 Å². The maximum Gasteiger partial charge on any atom is 0.225 e. The molecule has 0 radical (unpaired) electrons. The molecular formula is C14H26N2O4S. The Bertz CT molecular complexity index is 489. The third-order valence-electron chi connectivity index (χ3n) is 3.99. The van der Waals surface area contributed by atoms with E-state index in [9.17, 15) is 13.2 Å². The molecule has 2 saturated heterocycles. The first kappa shape index (κ1) is 16.7. The summed E-state index contributed by atoms with van der Waals surface area (Å²) < 4.78 is 32.2. The van der Waals surface area contributed by atoms with Crippen molar-refractivity contribution in [1.29, 1.82) is 0 Å². The van der Waals surface area contributed by atoms with Crippen molar-refractivity contribution in [2.24, 2.45) is 11.8 Å². The topological polar surface area (TPSA) is 66.9 Å². The normalized spacial score (nSPS) is 29.7. The molecule has 2 fully saturated rings. The number of hydrogen-bond donors (Lipinski definition) is 0. The van der Waals surface area contributed by atoms with Gasteiger partial charge in [0.05, 0.1) is 24.5 Å². The molecule has 0 aromatic heterocycles. The fraction of sp³-hybridized carbons (Fsp3) is 0.929. The minimum Gasteiger partial charge on any atom is -0.374 e. The highest BCUT2D eigenvalue weighted by Crippen LogP contribution is 2.26. The van der Waals surface area contributed by atoms with Crippen LogP contribution < -0.4 is 0 Å². The van der Waals surface area contributed by atoms with Crippen LogP contribution in [-0.4, -0.2) is 67.7 Å². The first-order valence-electron chi connectivity index (χ1n) is 7.62. The largest absolute Gasteiger partial charge is 0.374 e. The number of carbonyl (C=O) groups excluding carboxylic acids is 1. The molecule has 0 N–H and O–H groups in total. The minimum absolute atomic E-state index is 0.0326. The van der Waals surface area contributed by atoms with Crippen molar-refractivity contribution in [2.75, 3.05) is 32.0 Å². The molecule has 21 heavy (non-hydrogen) atoms. The van der Waals surface area contributed by atoms with Crippen LogP contribution in [0.5, 0.6) is 0 Å². The molecule has 0 saturated carbocycles. The van der Waals surface area contributed by atoms with Crippen LogP contribution >= 0.6 is 0 Å². The Morgan fingerprint density at radius 1 is 1.24 bits per heavy atom. The number of sulfonamides is 1. The van der Waals surface area contributed by atoms with Crippen molar-refractivity contribution < 1.29 is 17.9 Å². The highest BCUT2D eigenvalue weighted by molar-refractivity contribution is 7.89. The molecule has 2 rings (SSSR count). The van der Waals surface area contributed by atoms with E-state index in [1.807, 2.05) is 27.7 Å². The summed E-state index contributed by atoms with van der Waals surface area (Å²) in [6.07, 6.45) is -0.205. The zero-order chi connectivity index (χ0) is 15.8. The first-order chi connectivity index (χ1) is 9.72. The molecule has 0 bridgehead atoms. The molecule has 0 spiro atoms. The number of carbonyl (C=O) groups is 1. The minimum atomic E-state index is -3.31. The van der Waals surface area contributed by atoms with Crippen LogP contribution in [0.3, 0.4) is 0 Å². The second-order valence-corrected chi connectivity index (χ2v) is 8.70. The van der Waals surface area contributed by atoms with Crippen molar-refractivity contribution in [1.82, 2.24) is 9.21 Å². The Labute approximate surface area is 127 Å². The zero-order valence-corrected chi connectivity index (χ0v) is 14.1. The van der Waals surface area contributed by atoms with E-state index >= 15 is 0 Å². The monoisotopic (exact) mass is 318 g/mol. The summed E-state index contributed by atoms with van der Waals surface area (Å²) in [4.78, 5) is 13.9. The van der Waals surface area contributed by atoms with Gasteiger partial charge in [-0.2, -0.15) is 4.31 Å². The van der Waals surface area contributed by atoms with E-state index in [-0.39, 0.29) is 42.2 Å². The Morgan fingerprint density at radius 2 is 1.90 bits per heavy atom. The molecule has 0 aromatic carbocycles. The molecule has 122 valence electrons. The van der Waals surface area contributed by atoms with E-state index in [4.69, 9.17) is 4.74 Å². The second kappa shape index (κ2) is 6.22. The van der Waals surface area contributed by atoms with Gasteiger partial charge in [-0.05, 0) is 5.92 Å². The Hall–Kier alpha value is -0.660. The molecule has 0 aliphatic carbocycles. The van der Waals surface area contributed by atoms with Crippen molar-refractivity contribution >= 4 is 15.9 Å². The van der Waals surface area contributed by atoms with Gasteiger partial charge < -0.3 is 9.64 Å². The molecule has 0 aromatic rings. The van der Waals surface area contributed by atoms with Gasteiger partial charge in [0.15, 0.2) is 0 Å². The lowest BCUT2D eigenvalue weighted by atomic mass is 10.1. The summed E-state index contributed by atoms with van der Waals surface area (Å²) in [5.41, 5.74) is 0. The second-order valence-electron chi connectivity index (χ2n) is 6.65. The van der Waals surface area contributed by atoms with E-state index in [0.717, 1.165) is 0 Å². The van der Waals surface area contributed by atoms with Gasteiger partial charge in [0.1, 0.15) is 0 Å². The van der Waals surface area contributed by atoms with Crippen molar-refractivity contribution in [2.45, 2.75) is 39.8 Å². The van der Waals surface area contributed by atoms with Gasteiger partial charge in [0, 0.05) is 25.6 Å². The van der Waals surface area contributed by atoms with Crippen molar-refractivity contribution in [3.05, 3.63) is 0 Å². The van der Waals surface area contributed by atoms with Crippen LogP contribution in [0.4, 0.5) is 0 Å². The first-order valence-corrected chi connectivity index (χ1v) is 9.23. The number of ether oxygens (including phenoxy) is 1. The molecule has 1 amide bonds. The fourth-order valence-corrected chi connectivity index (χ4v) is 4.66. The van der Waals surface area contributed by atoms with Gasteiger partial charge in [-0.1, -0.05) is 27.7 Å². The Kier molecular flexibility index (Phi) is 4.95. The maximum atomic E-state index is 12.4. The summed E-state index contributed by atoms with van der Waals surface area (Å²) in [7, 11) is -3.31. The third kappa shape index (κ3) is 3.57. The molecule has 2 aliphatic heterocycles. The summed E-state index contributed by atoms with van der Waals surface area (Å²) in [5.74, 6) is 0.259. The predicted octanol–water partition coefficient (Wildman–Crippen LogP) is 0.540. The van der Waals surface area contributed by atoms with Crippen molar-refractivity contribution in [3.63, 3.8) is 0 Å². The average Bonchev–Trinajstić information content (AvgIpc) is 2.73. The molecule has 7 heteroatoms. The summed E-state index contributed by atoms with van der Waals surface area (Å²) in [6, 6.07) is -0.248. The molecule has 6 nitrogen and oxygen atoms in total. The highest BCUT2D eigenvalue weighted by atomic mass is 32.2. The number of nitrogens with zero attached hydrogens (tertiary/aromatic N) is 2. The molecule has 2 atom stereocenters. The lowest BCUT2D eigenvalue weighted by molar-refractivity contribution is -0.133. The number of rotatable bonds is 3. The fourth-order valence-electron chi connectivity index (χ4n) is 2.98. The smallest absolute Gasteiger partial charge is 0.225 e. The van der Waals surface area contributed by atoms with Gasteiger partial charge in [-0.3, -0.25) is 4.79 Å². The van der Waals surface area contributed by atoms with Gasteiger partial charge in [-0.25, -0.2) is 8.42 Å². The molecule has 2 heterocycles. The number of likely N-dealkylation sites (tertiary alicyclic amines) is 1. The van der Waals surface area contributed by atoms with Crippen LogP contribution in [0.25, 0.3) is 0 Å². The number of hydrogen-bond acceptors (Lipinski definition) is 4. The van der Waals surface area contributed by atoms with E-state index < -0.39 is 10.0 Å². The maximum absolute atomic E-state index is 12.4. The number of amides is 1. The standard InChI is InChI=1S/C14H26N2O4S/c1-10(2)7-16-12-8-15(14(17)11(3)4)9-13(12)20-5-6-21(16,18)19/h10-13H,5-9H2,1-4H3/t12-,13+/m1/s1. The summed E-state index contributed by atoms with van der Waals surface area (Å²) in [6.45, 7) is 9.35. The summed E-state index contributed by atoms with van der Waals surface area (Å²) in [5, 5.41) is 0. The van der Waals surface area contributed by atoms with Crippen LogP contribution in [0.15, 0.2) is 0 Å². The van der Waals surface area contributed by atoms with Crippen LogP contribution in [0.1, 0.15) is 27.7 Å². The summed E-state index contributed by atoms with van der Waals surface area (Å²) >= 11 is 0. The van der Waals surface area contributed by atoms with E-state index in [1.54, 1.807) is 9.21 Å². The van der Waals surface area contributed by atoms with Crippen LogP contribution in [0, 0.1) is 11.8 Å². The van der Waals surface area contributed by atoms with Gasteiger partial charge in [0.25, 0.3) is 0 Å². The Morgan fingerprint density at radius 3 is 2.48 bits per heavy atom. The molecular weight excluding hydrogens is 292 g/mol. The number of fused-ring (bicyclic) bond motifs is 1. The van der Waals surface area contributed by atoms with Gasteiger partial charge in [-0.15, -0.1) is 0 Å². The van der Waals surface area contributed by atoms with E-state index in [2.05, 4.69) is 0 Å². The van der Waals surface area contributed by atoms with Crippen LogP contribution in [0.2, 0.25) is 0 Å². The molecule has 0 unspecified atom stereocenters. The zero-order valence-electron chi connectivity index (χ0n) is 13.3. The lowest BCUT2D eigenvalue weighted by Crippen LogP contribution is -2.47. The predicted molar refractivity (Wildman–Crippen MR) is 80.3 cm³/mol. The van der Waals surface area contributed by atoms with Gasteiger partial charge >= 0.3 is 0 Å². The van der Waals surface area contributed by atoms with E-state index in [0.29, 0.717) is 19.6 Å².